The molecule has 0 aliphatic heterocycles. The summed E-state index contributed by atoms with van der Waals surface area (Å²) < 4.78 is 16.0. The molecule has 0 atom stereocenters. The van der Waals surface area contributed by atoms with Crippen molar-refractivity contribution in [1.29, 1.82) is 0 Å². The van der Waals surface area contributed by atoms with E-state index in [0.29, 0.717) is 28.5 Å². The number of hydrogen-bond donors (Lipinski definition) is 1. The highest BCUT2D eigenvalue weighted by Crippen LogP contribution is 2.28. The zero-order valence-electron chi connectivity index (χ0n) is 13.7. The van der Waals surface area contributed by atoms with Crippen LogP contribution in [0.3, 0.4) is 0 Å². The van der Waals surface area contributed by atoms with Gasteiger partial charge in [-0.25, -0.2) is 0 Å². The van der Waals surface area contributed by atoms with Crippen LogP contribution in [0.1, 0.15) is 16.2 Å². The van der Waals surface area contributed by atoms with Crippen LogP contribution in [0.25, 0.3) is 11.5 Å². The minimum atomic E-state index is -0.365. The molecule has 0 aliphatic rings. The predicted octanol–water partition coefficient (Wildman–Crippen LogP) is 2.08. The number of pyridine rings is 1. The lowest BCUT2D eigenvalue weighted by Gasteiger charge is -2.12. The number of carbonyl (C=O) groups is 1. The average molecular weight is 340 g/mol. The van der Waals surface area contributed by atoms with Gasteiger partial charge in [-0.15, -0.1) is 10.2 Å². The molecule has 8 heteroatoms. The molecular formula is C17H16N4O4. The first-order valence-corrected chi connectivity index (χ1v) is 7.45. The fourth-order valence-corrected chi connectivity index (χ4v) is 2.25. The van der Waals surface area contributed by atoms with Crippen molar-refractivity contribution >= 4 is 5.91 Å². The van der Waals surface area contributed by atoms with E-state index in [-0.39, 0.29) is 18.3 Å². The maximum absolute atomic E-state index is 12.5. The van der Waals surface area contributed by atoms with Crippen LogP contribution in [0, 0.1) is 0 Å². The van der Waals surface area contributed by atoms with E-state index in [2.05, 4.69) is 20.5 Å². The maximum Gasteiger partial charge on any atom is 0.259 e. The first-order valence-electron chi connectivity index (χ1n) is 7.45. The Bertz CT molecular complexity index is 842. The van der Waals surface area contributed by atoms with Crippen LogP contribution in [0.2, 0.25) is 0 Å². The Morgan fingerprint density at radius 1 is 1.12 bits per heavy atom. The summed E-state index contributed by atoms with van der Waals surface area (Å²) >= 11 is 0. The minimum Gasteiger partial charge on any atom is -0.496 e. The van der Waals surface area contributed by atoms with Crippen LogP contribution in [-0.2, 0) is 6.54 Å². The van der Waals surface area contributed by atoms with Crippen molar-refractivity contribution in [2.24, 2.45) is 0 Å². The summed E-state index contributed by atoms with van der Waals surface area (Å²) in [5, 5.41) is 10.6. The molecule has 0 fully saturated rings. The van der Waals surface area contributed by atoms with Gasteiger partial charge in [-0.05, 0) is 24.3 Å². The van der Waals surface area contributed by atoms with Gasteiger partial charge in [0.2, 0.25) is 11.8 Å². The lowest BCUT2D eigenvalue weighted by atomic mass is 10.1. The molecule has 8 nitrogen and oxygen atoms in total. The summed E-state index contributed by atoms with van der Waals surface area (Å²) in [4.78, 5) is 16.5. The highest BCUT2D eigenvalue weighted by Gasteiger charge is 2.19. The van der Waals surface area contributed by atoms with E-state index in [1.54, 1.807) is 36.7 Å². The summed E-state index contributed by atoms with van der Waals surface area (Å²) in [6, 6.07) is 8.69. The molecule has 0 radical (unpaired) electrons. The van der Waals surface area contributed by atoms with Gasteiger partial charge in [-0.2, -0.15) is 0 Å². The molecule has 0 saturated heterocycles. The largest absolute Gasteiger partial charge is 0.496 e. The van der Waals surface area contributed by atoms with E-state index in [1.165, 1.54) is 14.2 Å². The molecule has 0 aliphatic carbocycles. The van der Waals surface area contributed by atoms with Gasteiger partial charge in [-0.3, -0.25) is 9.78 Å². The Labute approximate surface area is 143 Å². The number of carbonyl (C=O) groups excluding carboxylic acids is 1. The monoisotopic (exact) mass is 340 g/mol. The summed E-state index contributed by atoms with van der Waals surface area (Å²) in [5.74, 6) is 1.08. The number of nitrogens with zero attached hydrogens (tertiary/aromatic N) is 3. The van der Waals surface area contributed by atoms with E-state index in [4.69, 9.17) is 13.9 Å². The Balaban J connectivity index is 1.72. The van der Waals surface area contributed by atoms with Crippen LogP contribution in [0.5, 0.6) is 11.5 Å². The fourth-order valence-electron chi connectivity index (χ4n) is 2.25. The summed E-state index contributed by atoms with van der Waals surface area (Å²) in [7, 11) is 2.98. The second-order valence-electron chi connectivity index (χ2n) is 4.96. The number of nitrogens with one attached hydrogen (secondary N) is 1. The minimum absolute atomic E-state index is 0.0767. The molecule has 1 aromatic carbocycles. The summed E-state index contributed by atoms with van der Waals surface area (Å²) in [5.41, 5.74) is 1.01. The van der Waals surface area contributed by atoms with Crippen molar-refractivity contribution in [2.75, 3.05) is 14.2 Å². The Kier molecular flexibility index (Phi) is 4.89. The lowest BCUT2D eigenvalue weighted by molar-refractivity contribution is 0.0941. The third kappa shape index (κ3) is 3.57. The molecule has 3 aromatic rings. The Morgan fingerprint density at radius 2 is 1.88 bits per heavy atom. The second-order valence-corrected chi connectivity index (χ2v) is 4.96. The molecule has 3 rings (SSSR count). The predicted molar refractivity (Wildman–Crippen MR) is 88.2 cm³/mol. The topological polar surface area (TPSA) is 99.4 Å². The standard InChI is InChI=1S/C17H16N4O4/c1-23-12-6-3-7-13(24-2)15(12)16(22)19-10-14-20-21-17(25-14)11-5-4-8-18-9-11/h3-9H,10H2,1-2H3,(H,19,22). The first kappa shape index (κ1) is 16.4. The highest BCUT2D eigenvalue weighted by molar-refractivity contribution is 5.99. The van der Waals surface area contributed by atoms with Crippen LogP contribution in [0.15, 0.2) is 47.1 Å². The van der Waals surface area contributed by atoms with Crippen molar-refractivity contribution in [1.82, 2.24) is 20.5 Å². The maximum atomic E-state index is 12.5. The third-order valence-corrected chi connectivity index (χ3v) is 3.43. The normalized spacial score (nSPS) is 10.3. The van der Waals surface area contributed by atoms with E-state index in [1.807, 2.05) is 6.07 Å². The average Bonchev–Trinajstić information content (AvgIpc) is 3.15. The third-order valence-electron chi connectivity index (χ3n) is 3.43. The number of methoxy groups -OCH3 is 2. The number of benzene rings is 1. The molecular weight excluding hydrogens is 324 g/mol. The zero-order chi connectivity index (χ0) is 17.6. The molecule has 1 amide bonds. The van der Waals surface area contributed by atoms with Gasteiger partial charge in [0.15, 0.2) is 0 Å². The SMILES string of the molecule is COc1cccc(OC)c1C(=O)NCc1nnc(-c2cccnc2)o1. The van der Waals surface area contributed by atoms with Crippen molar-refractivity contribution < 1.29 is 18.7 Å². The van der Waals surface area contributed by atoms with Crippen molar-refractivity contribution in [3.05, 3.63) is 54.2 Å². The summed E-state index contributed by atoms with van der Waals surface area (Å²) in [6.07, 6.45) is 3.28. The molecule has 1 N–H and O–H groups in total. The molecule has 0 spiro atoms. The van der Waals surface area contributed by atoms with Gasteiger partial charge < -0.3 is 19.2 Å². The van der Waals surface area contributed by atoms with Crippen molar-refractivity contribution in [3.8, 4) is 23.0 Å². The van der Waals surface area contributed by atoms with Gasteiger partial charge in [0.1, 0.15) is 17.1 Å². The van der Waals surface area contributed by atoms with Crippen LogP contribution >= 0.6 is 0 Å². The Hall–Kier alpha value is -3.42. The number of aromatic nitrogens is 3. The van der Waals surface area contributed by atoms with Crippen molar-refractivity contribution in [3.63, 3.8) is 0 Å². The van der Waals surface area contributed by atoms with E-state index in [0.717, 1.165) is 0 Å². The zero-order valence-corrected chi connectivity index (χ0v) is 13.7. The molecule has 25 heavy (non-hydrogen) atoms. The van der Waals surface area contributed by atoms with Gasteiger partial charge in [0, 0.05) is 12.4 Å². The molecule has 2 heterocycles. The smallest absolute Gasteiger partial charge is 0.259 e. The van der Waals surface area contributed by atoms with Crippen LogP contribution < -0.4 is 14.8 Å². The molecule has 0 saturated carbocycles. The van der Waals surface area contributed by atoms with Gasteiger partial charge in [0.05, 0.1) is 26.3 Å². The fraction of sp³-hybridized carbons (Fsp3) is 0.176. The van der Waals surface area contributed by atoms with Gasteiger partial charge in [0.25, 0.3) is 5.91 Å². The van der Waals surface area contributed by atoms with Crippen LogP contribution in [-0.4, -0.2) is 35.3 Å². The molecule has 0 bridgehead atoms. The van der Waals surface area contributed by atoms with Crippen molar-refractivity contribution in [2.45, 2.75) is 6.54 Å². The number of amides is 1. The van der Waals surface area contributed by atoms with E-state index < -0.39 is 0 Å². The number of hydrogen-bond acceptors (Lipinski definition) is 7. The summed E-state index contributed by atoms with van der Waals surface area (Å²) in [6.45, 7) is 0.0767. The number of rotatable bonds is 6. The highest BCUT2D eigenvalue weighted by atomic mass is 16.5. The lowest BCUT2D eigenvalue weighted by Crippen LogP contribution is -2.24. The molecule has 0 unspecified atom stereocenters. The number of ether oxygens (including phenoxy) is 2. The Morgan fingerprint density at radius 3 is 2.52 bits per heavy atom. The first-order chi connectivity index (χ1) is 12.2. The second kappa shape index (κ2) is 7.43. The van der Waals surface area contributed by atoms with E-state index in [9.17, 15) is 4.79 Å². The van der Waals surface area contributed by atoms with Crippen LogP contribution in [0.4, 0.5) is 0 Å². The van der Waals surface area contributed by atoms with E-state index >= 15 is 0 Å². The molecule has 2 aromatic heterocycles. The molecule has 128 valence electrons. The van der Waals surface area contributed by atoms with Gasteiger partial charge >= 0.3 is 0 Å². The van der Waals surface area contributed by atoms with Gasteiger partial charge in [-0.1, -0.05) is 6.07 Å². The quantitative estimate of drug-likeness (QED) is 0.733.